The van der Waals surface area contributed by atoms with Gasteiger partial charge >= 0.3 is 5.88 Å². The molecule has 0 spiro atoms. The van der Waals surface area contributed by atoms with Crippen molar-refractivity contribution < 1.29 is 14.1 Å². The smallest absolute Gasteiger partial charge is 0.404 e. The van der Waals surface area contributed by atoms with Crippen LogP contribution in [-0.4, -0.2) is 23.9 Å². The maximum Gasteiger partial charge on any atom is 0.433 e. The van der Waals surface area contributed by atoms with E-state index < -0.39 is 4.92 Å². The summed E-state index contributed by atoms with van der Waals surface area (Å²) in [6.45, 7) is 1.96. The van der Waals surface area contributed by atoms with Gasteiger partial charge in [-0.05, 0) is 13.0 Å². The summed E-state index contributed by atoms with van der Waals surface area (Å²) in [6.07, 6.45) is 0. The van der Waals surface area contributed by atoms with Crippen LogP contribution < -0.4 is 10.6 Å². The molecular weight excluding hydrogens is 250 g/mol. The lowest BCUT2D eigenvalue weighted by Gasteiger charge is -2.10. The predicted molar refractivity (Wildman–Crippen MR) is 63.0 cm³/mol. The van der Waals surface area contributed by atoms with E-state index >= 15 is 0 Å². The van der Waals surface area contributed by atoms with Crippen molar-refractivity contribution in [3.63, 3.8) is 0 Å². The summed E-state index contributed by atoms with van der Waals surface area (Å²) < 4.78 is 4.92. The van der Waals surface area contributed by atoms with Crippen LogP contribution in [0.5, 0.6) is 0 Å². The highest BCUT2D eigenvalue weighted by atomic mass is 35.5. The van der Waals surface area contributed by atoms with Crippen LogP contribution in [0.3, 0.4) is 0 Å². The monoisotopic (exact) mass is 263 g/mol. The van der Waals surface area contributed by atoms with Crippen LogP contribution >= 0.6 is 12.4 Å². The molecule has 1 rings (SSSR count). The van der Waals surface area contributed by atoms with Crippen molar-refractivity contribution in [2.24, 2.45) is 0 Å². The first-order valence-electron chi connectivity index (χ1n) is 4.72. The molecule has 1 amide bonds. The minimum Gasteiger partial charge on any atom is -0.404 e. The third-order valence-corrected chi connectivity index (χ3v) is 2.05. The van der Waals surface area contributed by atoms with Gasteiger partial charge in [-0.25, -0.2) is 0 Å². The molecule has 1 aromatic rings. The molecule has 0 aliphatic rings. The second kappa shape index (κ2) is 6.87. The van der Waals surface area contributed by atoms with E-state index in [0.29, 0.717) is 5.76 Å². The van der Waals surface area contributed by atoms with Crippen LogP contribution in [0, 0.1) is 10.1 Å². The Morgan fingerprint density at radius 3 is 2.71 bits per heavy atom. The maximum atomic E-state index is 11.1. The standard InChI is InChI=1S/C9H13N3O4.ClH/c1-6(9(13)10-2)11-5-7-3-4-8(16-7)12(14)15;/h3-4,6,11H,5H2,1-2H3,(H,10,13);1H/t6-;/m1./s1. The number of carbonyl (C=O) groups excluding carboxylic acids is 1. The zero-order valence-electron chi connectivity index (χ0n) is 9.43. The first-order valence-corrected chi connectivity index (χ1v) is 4.72. The molecule has 1 atom stereocenters. The quantitative estimate of drug-likeness (QED) is 0.606. The topological polar surface area (TPSA) is 97.4 Å². The third kappa shape index (κ3) is 4.41. The second-order valence-electron chi connectivity index (χ2n) is 3.21. The van der Waals surface area contributed by atoms with E-state index in [9.17, 15) is 14.9 Å². The highest BCUT2D eigenvalue weighted by Gasteiger charge is 2.14. The lowest BCUT2D eigenvalue weighted by Crippen LogP contribution is -2.40. The minimum absolute atomic E-state index is 0. The van der Waals surface area contributed by atoms with Gasteiger partial charge < -0.3 is 9.73 Å². The largest absolute Gasteiger partial charge is 0.433 e. The zero-order valence-corrected chi connectivity index (χ0v) is 10.2. The Balaban J connectivity index is 0.00000256. The van der Waals surface area contributed by atoms with Gasteiger partial charge in [0.15, 0.2) is 0 Å². The lowest BCUT2D eigenvalue weighted by atomic mass is 10.3. The number of halogens is 1. The van der Waals surface area contributed by atoms with Crippen molar-refractivity contribution >= 4 is 24.2 Å². The van der Waals surface area contributed by atoms with Crippen molar-refractivity contribution in [1.29, 1.82) is 0 Å². The number of carbonyl (C=O) groups is 1. The summed E-state index contributed by atoms with van der Waals surface area (Å²) in [6, 6.07) is 2.40. The molecule has 96 valence electrons. The number of rotatable bonds is 5. The van der Waals surface area contributed by atoms with Gasteiger partial charge in [0.1, 0.15) is 10.7 Å². The summed E-state index contributed by atoms with van der Waals surface area (Å²) in [5, 5.41) is 15.7. The van der Waals surface area contributed by atoms with E-state index in [0.717, 1.165) is 0 Å². The van der Waals surface area contributed by atoms with Gasteiger partial charge in [0.05, 0.1) is 18.7 Å². The van der Waals surface area contributed by atoms with E-state index in [1.54, 1.807) is 6.92 Å². The molecule has 0 saturated heterocycles. The molecule has 0 aliphatic heterocycles. The van der Waals surface area contributed by atoms with Crippen LogP contribution in [-0.2, 0) is 11.3 Å². The minimum atomic E-state index is -0.605. The van der Waals surface area contributed by atoms with Gasteiger partial charge in [-0.3, -0.25) is 20.2 Å². The number of nitrogens with zero attached hydrogens (tertiary/aromatic N) is 1. The molecule has 17 heavy (non-hydrogen) atoms. The predicted octanol–water partition coefficient (Wildman–Crippen LogP) is 0.834. The van der Waals surface area contributed by atoms with Crippen LogP contribution in [0.4, 0.5) is 5.88 Å². The fourth-order valence-electron chi connectivity index (χ4n) is 1.12. The maximum absolute atomic E-state index is 11.1. The molecular formula is C9H14ClN3O4. The number of amides is 1. The van der Waals surface area contributed by atoms with E-state index in [4.69, 9.17) is 4.42 Å². The average Bonchev–Trinajstić information content (AvgIpc) is 2.73. The van der Waals surface area contributed by atoms with Crippen LogP contribution in [0.25, 0.3) is 0 Å². The van der Waals surface area contributed by atoms with Crippen molar-refractivity contribution in [3.8, 4) is 0 Å². The molecule has 0 radical (unpaired) electrons. The van der Waals surface area contributed by atoms with Crippen molar-refractivity contribution in [3.05, 3.63) is 28.0 Å². The van der Waals surface area contributed by atoms with Gasteiger partial charge in [0.25, 0.3) is 0 Å². The van der Waals surface area contributed by atoms with Gasteiger partial charge in [-0.2, -0.15) is 0 Å². The van der Waals surface area contributed by atoms with Crippen molar-refractivity contribution in [2.45, 2.75) is 19.5 Å². The number of hydrogen-bond acceptors (Lipinski definition) is 5. The van der Waals surface area contributed by atoms with Crippen LogP contribution in [0.15, 0.2) is 16.5 Å². The van der Waals surface area contributed by atoms with Crippen molar-refractivity contribution in [2.75, 3.05) is 7.05 Å². The third-order valence-electron chi connectivity index (χ3n) is 2.05. The molecule has 7 nitrogen and oxygen atoms in total. The highest BCUT2D eigenvalue weighted by molar-refractivity contribution is 5.85. The Kier molecular flexibility index (Phi) is 6.22. The number of nitro groups is 1. The summed E-state index contributed by atoms with van der Waals surface area (Å²) in [4.78, 5) is 20.9. The normalized spacial score (nSPS) is 11.4. The summed E-state index contributed by atoms with van der Waals surface area (Å²) in [5.41, 5.74) is 0. The Morgan fingerprint density at radius 2 is 2.24 bits per heavy atom. The molecule has 0 fully saturated rings. The molecule has 8 heteroatoms. The second-order valence-corrected chi connectivity index (χ2v) is 3.21. The number of likely N-dealkylation sites (N-methyl/N-ethyl adjacent to an activating group) is 1. The Morgan fingerprint density at radius 1 is 1.59 bits per heavy atom. The fraction of sp³-hybridized carbons (Fsp3) is 0.444. The zero-order chi connectivity index (χ0) is 12.1. The van der Waals surface area contributed by atoms with Crippen LogP contribution in [0.1, 0.15) is 12.7 Å². The number of furan rings is 1. The molecule has 2 N–H and O–H groups in total. The summed E-state index contributed by atoms with van der Waals surface area (Å²) >= 11 is 0. The SMILES string of the molecule is CNC(=O)[C@@H](C)NCc1ccc([N+](=O)[O-])o1.Cl. The molecule has 0 bridgehead atoms. The van der Waals surface area contributed by atoms with Gasteiger partial charge in [-0.15, -0.1) is 12.4 Å². The number of nitrogens with one attached hydrogen (secondary N) is 2. The van der Waals surface area contributed by atoms with Crippen molar-refractivity contribution in [1.82, 2.24) is 10.6 Å². The summed E-state index contributed by atoms with van der Waals surface area (Å²) in [7, 11) is 1.54. The van der Waals surface area contributed by atoms with Gasteiger partial charge in [-0.1, -0.05) is 0 Å². The Bertz CT molecular complexity index is 393. The molecule has 1 heterocycles. The lowest BCUT2D eigenvalue weighted by molar-refractivity contribution is -0.402. The number of hydrogen-bond donors (Lipinski definition) is 2. The summed E-state index contributed by atoms with van der Waals surface area (Å²) in [5.74, 6) is -0.0343. The first kappa shape index (κ1) is 15.4. The highest BCUT2D eigenvalue weighted by Crippen LogP contribution is 2.15. The Labute approximate surface area is 104 Å². The molecule has 1 aromatic heterocycles. The van der Waals surface area contributed by atoms with E-state index in [-0.39, 0.29) is 36.8 Å². The fourth-order valence-corrected chi connectivity index (χ4v) is 1.12. The van der Waals surface area contributed by atoms with Gasteiger partial charge in [0.2, 0.25) is 5.91 Å². The average molecular weight is 264 g/mol. The van der Waals surface area contributed by atoms with E-state index in [1.807, 2.05) is 0 Å². The molecule has 0 saturated carbocycles. The molecule has 0 aliphatic carbocycles. The first-order chi connectivity index (χ1) is 7.54. The molecule has 0 unspecified atom stereocenters. The van der Waals surface area contributed by atoms with E-state index in [2.05, 4.69) is 10.6 Å². The van der Waals surface area contributed by atoms with E-state index in [1.165, 1.54) is 19.2 Å². The molecule has 0 aromatic carbocycles. The van der Waals surface area contributed by atoms with Crippen LogP contribution in [0.2, 0.25) is 0 Å². The Hall–Kier alpha value is -1.60. The van der Waals surface area contributed by atoms with Gasteiger partial charge in [0, 0.05) is 7.05 Å².